The highest BCUT2D eigenvalue weighted by atomic mass is 32.2. The van der Waals surface area contributed by atoms with Gasteiger partial charge < -0.3 is 5.32 Å². The van der Waals surface area contributed by atoms with Crippen LogP contribution in [0.15, 0.2) is 40.0 Å². The van der Waals surface area contributed by atoms with Crippen LogP contribution in [0.3, 0.4) is 0 Å². The van der Waals surface area contributed by atoms with Crippen LogP contribution in [0.25, 0.3) is 6.08 Å². The van der Waals surface area contributed by atoms with Crippen molar-refractivity contribution in [1.29, 1.82) is 5.26 Å². The van der Waals surface area contributed by atoms with Gasteiger partial charge in [-0.2, -0.15) is 5.26 Å². The monoisotopic (exact) mass is 466 g/mol. The van der Waals surface area contributed by atoms with E-state index in [9.17, 15) is 14.9 Å². The van der Waals surface area contributed by atoms with Gasteiger partial charge in [0.2, 0.25) is 0 Å². The van der Waals surface area contributed by atoms with Gasteiger partial charge in [0, 0.05) is 25.2 Å². The Morgan fingerprint density at radius 3 is 2.47 bits per heavy atom. The topological polar surface area (TPSA) is 78.1 Å². The van der Waals surface area contributed by atoms with Crippen LogP contribution in [0.1, 0.15) is 48.9 Å². The summed E-state index contributed by atoms with van der Waals surface area (Å²) in [5, 5.41) is 13.1. The first-order valence-electron chi connectivity index (χ1n) is 10.6. The number of thioether (sulfide) groups is 1. The minimum Gasteiger partial charge on any atom is -0.367 e. The van der Waals surface area contributed by atoms with Crippen molar-refractivity contribution >= 4 is 46.1 Å². The van der Waals surface area contributed by atoms with Crippen molar-refractivity contribution in [3.63, 3.8) is 0 Å². The van der Waals surface area contributed by atoms with Crippen LogP contribution in [0, 0.1) is 18.3 Å². The number of hydrogen-bond donors (Lipinski definition) is 1. The molecule has 6 nitrogen and oxygen atoms in total. The molecule has 32 heavy (non-hydrogen) atoms. The molecular weight excluding hydrogens is 440 g/mol. The Bertz CT molecular complexity index is 1160. The molecule has 1 fully saturated rings. The number of nitriles is 1. The third-order valence-electron chi connectivity index (χ3n) is 5.22. The molecule has 1 amide bonds. The highest BCUT2D eigenvalue weighted by Gasteiger charge is 2.32. The summed E-state index contributed by atoms with van der Waals surface area (Å²) in [6.07, 6.45) is 3.30. The number of carbonyl (C=O) groups excluding carboxylic acids is 1. The minimum absolute atomic E-state index is 0.0963. The molecule has 166 valence electrons. The molecule has 1 saturated heterocycles. The Labute approximate surface area is 197 Å². The number of nitrogens with one attached hydrogen (secondary N) is 1. The van der Waals surface area contributed by atoms with Crippen LogP contribution in [-0.4, -0.2) is 26.2 Å². The molecule has 2 aromatic rings. The van der Waals surface area contributed by atoms with Crippen molar-refractivity contribution in [2.45, 2.75) is 46.7 Å². The van der Waals surface area contributed by atoms with Gasteiger partial charge in [-0.05, 0) is 37.0 Å². The predicted octanol–water partition coefficient (Wildman–Crippen LogP) is 4.66. The van der Waals surface area contributed by atoms with Crippen LogP contribution in [0.2, 0.25) is 0 Å². The molecule has 8 heteroatoms. The van der Waals surface area contributed by atoms with E-state index in [1.54, 1.807) is 22.5 Å². The van der Waals surface area contributed by atoms with Crippen molar-refractivity contribution in [2.24, 2.45) is 0 Å². The first-order valence-corrected chi connectivity index (χ1v) is 11.9. The maximum absolute atomic E-state index is 13.1. The number of thiocarbonyl (C=S) groups is 1. The van der Waals surface area contributed by atoms with Crippen LogP contribution < -0.4 is 10.9 Å². The fraction of sp³-hybridized carbons (Fsp3) is 0.333. The smallest absolute Gasteiger partial charge is 0.270 e. The average Bonchev–Trinajstić information content (AvgIpc) is 3.05. The molecule has 0 atom stereocenters. The molecule has 1 aliphatic rings. The van der Waals surface area contributed by atoms with Crippen molar-refractivity contribution in [3.8, 4) is 6.07 Å². The maximum atomic E-state index is 13.1. The first kappa shape index (κ1) is 23.8. The summed E-state index contributed by atoms with van der Waals surface area (Å²) in [7, 11) is 0. The molecule has 0 bridgehead atoms. The van der Waals surface area contributed by atoms with Gasteiger partial charge in [0.25, 0.3) is 11.5 Å². The summed E-state index contributed by atoms with van der Waals surface area (Å²) in [5.74, 6) is 0.472. The fourth-order valence-electron chi connectivity index (χ4n) is 3.62. The van der Waals surface area contributed by atoms with E-state index in [0.29, 0.717) is 45.8 Å². The number of benzene rings is 1. The summed E-state index contributed by atoms with van der Waals surface area (Å²) in [6, 6.07) is 11.9. The fourth-order valence-corrected chi connectivity index (χ4v) is 4.91. The Morgan fingerprint density at radius 2 is 1.84 bits per heavy atom. The zero-order valence-electron chi connectivity index (χ0n) is 18.5. The molecule has 3 rings (SSSR count). The Balaban J connectivity index is 2.16. The lowest BCUT2D eigenvalue weighted by Crippen LogP contribution is -2.29. The summed E-state index contributed by atoms with van der Waals surface area (Å²) >= 11 is 6.65. The first-order chi connectivity index (χ1) is 15.4. The number of carbonyl (C=O) groups is 1. The molecule has 0 saturated carbocycles. The van der Waals surface area contributed by atoms with E-state index < -0.39 is 0 Å². The number of pyridine rings is 1. The van der Waals surface area contributed by atoms with E-state index in [2.05, 4.69) is 11.4 Å². The van der Waals surface area contributed by atoms with Gasteiger partial charge in [0.05, 0.1) is 4.91 Å². The molecule has 1 aromatic heterocycles. The zero-order valence-corrected chi connectivity index (χ0v) is 20.1. The van der Waals surface area contributed by atoms with Gasteiger partial charge in [-0.25, -0.2) is 0 Å². The van der Waals surface area contributed by atoms with E-state index >= 15 is 0 Å². The highest BCUT2D eigenvalue weighted by Crippen LogP contribution is 2.35. The predicted molar refractivity (Wildman–Crippen MR) is 134 cm³/mol. The van der Waals surface area contributed by atoms with Gasteiger partial charge in [-0.3, -0.25) is 19.1 Å². The quantitative estimate of drug-likeness (QED) is 0.450. The van der Waals surface area contributed by atoms with Gasteiger partial charge >= 0.3 is 0 Å². The van der Waals surface area contributed by atoms with Gasteiger partial charge in [-0.1, -0.05) is 68.2 Å². The summed E-state index contributed by atoms with van der Waals surface area (Å²) in [5.41, 5.74) is 2.06. The molecule has 2 heterocycles. The number of aromatic nitrogens is 1. The largest absolute Gasteiger partial charge is 0.367 e. The van der Waals surface area contributed by atoms with Crippen LogP contribution in [0.5, 0.6) is 0 Å². The van der Waals surface area contributed by atoms with E-state index in [0.717, 1.165) is 18.4 Å². The lowest BCUT2D eigenvalue weighted by atomic mass is 10.0. The Morgan fingerprint density at radius 1 is 1.16 bits per heavy atom. The SMILES string of the molecule is CCCN1C(=O)/C(=C\c2c(C)c(C#N)c(=O)n(CCC)c2NCc2ccccc2)SC1=S. The Kier molecular flexibility index (Phi) is 7.89. The third-order valence-corrected chi connectivity index (χ3v) is 6.60. The number of nitrogens with zero attached hydrogens (tertiary/aromatic N) is 3. The molecule has 1 aliphatic heterocycles. The molecule has 0 unspecified atom stereocenters. The van der Waals surface area contributed by atoms with Gasteiger partial charge in [0.1, 0.15) is 21.8 Å². The van der Waals surface area contributed by atoms with Crippen molar-refractivity contribution in [1.82, 2.24) is 9.47 Å². The van der Waals surface area contributed by atoms with Crippen molar-refractivity contribution < 1.29 is 4.79 Å². The molecule has 0 aliphatic carbocycles. The molecule has 1 N–H and O–H groups in total. The lowest BCUT2D eigenvalue weighted by Gasteiger charge is -2.20. The maximum Gasteiger partial charge on any atom is 0.270 e. The second-order valence-corrected chi connectivity index (χ2v) is 9.18. The summed E-state index contributed by atoms with van der Waals surface area (Å²) in [6.45, 7) is 7.27. The number of rotatable bonds is 8. The van der Waals surface area contributed by atoms with Gasteiger partial charge in [0.15, 0.2) is 0 Å². The molecule has 1 aromatic carbocycles. The van der Waals surface area contributed by atoms with Crippen molar-refractivity contribution in [3.05, 3.63) is 67.8 Å². The third kappa shape index (κ3) is 4.79. The lowest BCUT2D eigenvalue weighted by molar-refractivity contribution is -0.122. The normalized spacial score (nSPS) is 14.8. The second kappa shape index (κ2) is 10.6. The highest BCUT2D eigenvalue weighted by molar-refractivity contribution is 8.26. The number of amides is 1. The number of anilines is 1. The van der Waals surface area contributed by atoms with E-state index in [4.69, 9.17) is 12.2 Å². The van der Waals surface area contributed by atoms with Crippen LogP contribution in [-0.2, 0) is 17.9 Å². The second-order valence-electron chi connectivity index (χ2n) is 7.50. The minimum atomic E-state index is -0.321. The van der Waals surface area contributed by atoms with E-state index in [-0.39, 0.29) is 17.0 Å². The van der Waals surface area contributed by atoms with E-state index in [1.165, 1.54) is 11.8 Å². The Hall–Kier alpha value is -2.89. The summed E-state index contributed by atoms with van der Waals surface area (Å²) < 4.78 is 2.13. The number of hydrogen-bond acceptors (Lipinski definition) is 6. The van der Waals surface area contributed by atoms with E-state index in [1.807, 2.05) is 44.2 Å². The molecular formula is C24H26N4O2S2. The molecule has 0 spiro atoms. The van der Waals surface area contributed by atoms with Crippen LogP contribution in [0.4, 0.5) is 5.82 Å². The molecule has 0 radical (unpaired) electrons. The van der Waals surface area contributed by atoms with Crippen LogP contribution >= 0.6 is 24.0 Å². The average molecular weight is 467 g/mol. The van der Waals surface area contributed by atoms with Crippen molar-refractivity contribution in [2.75, 3.05) is 11.9 Å². The summed E-state index contributed by atoms with van der Waals surface area (Å²) in [4.78, 5) is 28.1. The van der Waals surface area contributed by atoms with Gasteiger partial charge in [-0.15, -0.1) is 0 Å². The zero-order chi connectivity index (χ0) is 23.3. The standard InChI is InChI=1S/C24H26N4O2S2/c1-4-11-27-21(26-15-17-9-7-6-8-10-17)18(16(3)19(14-25)22(27)29)13-20-23(30)28(12-5-2)24(31)32-20/h6-10,13,26H,4-5,11-12,15H2,1-3H3/b20-13+.